The molecule has 1 N–H and O–H groups in total. The molecular weight excluding hydrogens is 352 g/mol. The van der Waals surface area contributed by atoms with Crippen LogP contribution in [0.3, 0.4) is 0 Å². The highest BCUT2D eigenvalue weighted by atomic mass is 32.2. The first-order valence-corrected chi connectivity index (χ1v) is 9.55. The number of hydrogen-bond acceptors (Lipinski definition) is 4. The summed E-state index contributed by atoms with van der Waals surface area (Å²) in [4.78, 5) is 14.4. The summed E-state index contributed by atoms with van der Waals surface area (Å²) in [6, 6.07) is 25.6. The quantitative estimate of drug-likeness (QED) is 0.624. The first kappa shape index (κ1) is 15.9. The molecule has 27 heavy (non-hydrogen) atoms. The minimum Gasteiger partial charge on any atom is -0.354 e. The van der Waals surface area contributed by atoms with Crippen LogP contribution in [0.1, 0.15) is 32.3 Å². The lowest BCUT2D eigenvalue weighted by atomic mass is 9.99. The van der Waals surface area contributed by atoms with Gasteiger partial charge >= 0.3 is 0 Å². The summed E-state index contributed by atoms with van der Waals surface area (Å²) in [7, 11) is 0. The van der Waals surface area contributed by atoms with E-state index in [0.717, 1.165) is 38.5 Å². The van der Waals surface area contributed by atoms with Crippen LogP contribution < -0.4 is 5.32 Å². The Balaban J connectivity index is 1.76. The number of Topliss-reactive ketones (excluding diaryl/α,β-unsaturated/α-hetero) is 1. The molecular formula is C23H14N2OS. The Morgan fingerprint density at radius 3 is 2.56 bits per heavy atom. The average Bonchev–Trinajstić information content (AvgIpc) is 2.88. The smallest absolute Gasteiger partial charge is 0.193 e. The van der Waals surface area contributed by atoms with Gasteiger partial charge in [-0.2, -0.15) is 5.26 Å². The molecule has 1 atom stereocenters. The summed E-state index contributed by atoms with van der Waals surface area (Å²) in [6.07, 6.45) is 0. The van der Waals surface area contributed by atoms with E-state index in [2.05, 4.69) is 17.5 Å². The van der Waals surface area contributed by atoms with E-state index < -0.39 is 0 Å². The van der Waals surface area contributed by atoms with Crippen molar-refractivity contribution in [2.75, 3.05) is 5.32 Å². The van der Waals surface area contributed by atoms with Crippen LogP contribution in [0.5, 0.6) is 0 Å². The molecule has 1 aliphatic heterocycles. The number of carbonyl (C=O) groups is 1. The van der Waals surface area contributed by atoms with E-state index >= 15 is 0 Å². The van der Waals surface area contributed by atoms with Gasteiger partial charge in [-0.05, 0) is 29.8 Å². The van der Waals surface area contributed by atoms with Crippen molar-refractivity contribution in [1.82, 2.24) is 0 Å². The number of carbonyl (C=O) groups excluding carboxylic acids is 1. The molecule has 0 amide bonds. The predicted molar refractivity (Wildman–Crippen MR) is 108 cm³/mol. The largest absolute Gasteiger partial charge is 0.354 e. The molecule has 0 fully saturated rings. The molecule has 2 aliphatic rings. The molecule has 3 nitrogen and oxygen atoms in total. The van der Waals surface area contributed by atoms with Crippen molar-refractivity contribution in [2.45, 2.75) is 10.1 Å². The van der Waals surface area contributed by atoms with Crippen LogP contribution in [0.2, 0.25) is 0 Å². The Morgan fingerprint density at radius 2 is 1.70 bits per heavy atom. The standard InChI is InChI=1S/C23H14N2OS/c24-13-14-6-5-7-15(12-14)23-20-21(16-8-1-2-9-17(16)22(20)26)25-18-10-3-4-11-19(18)27-23/h1-12,23,25H. The molecule has 1 unspecified atom stereocenters. The molecule has 3 aromatic carbocycles. The topological polar surface area (TPSA) is 52.9 Å². The van der Waals surface area contributed by atoms with Crippen molar-refractivity contribution < 1.29 is 4.79 Å². The highest BCUT2D eigenvalue weighted by molar-refractivity contribution is 8.00. The number of para-hydroxylation sites is 1. The van der Waals surface area contributed by atoms with Crippen LogP contribution in [0.4, 0.5) is 5.69 Å². The number of benzene rings is 3. The number of rotatable bonds is 1. The second-order valence-corrected chi connectivity index (χ2v) is 7.67. The maximum atomic E-state index is 13.3. The van der Waals surface area contributed by atoms with E-state index in [4.69, 9.17) is 0 Å². The molecule has 0 spiro atoms. The van der Waals surface area contributed by atoms with Gasteiger partial charge in [0.25, 0.3) is 0 Å². The maximum Gasteiger partial charge on any atom is 0.193 e. The van der Waals surface area contributed by atoms with Gasteiger partial charge in [0.05, 0.1) is 28.3 Å². The van der Waals surface area contributed by atoms with Gasteiger partial charge in [0.15, 0.2) is 5.78 Å². The fourth-order valence-electron chi connectivity index (χ4n) is 3.69. The molecule has 128 valence electrons. The van der Waals surface area contributed by atoms with Crippen molar-refractivity contribution in [3.63, 3.8) is 0 Å². The van der Waals surface area contributed by atoms with Crippen LogP contribution >= 0.6 is 11.8 Å². The zero-order chi connectivity index (χ0) is 18.4. The first-order chi connectivity index (χ1) is 13.3. The number of fused-ring (bicyclic) bond motifs is 3. The lowest BCUT2D eigenvalue weighted by molar-refractivity contribution is 0.103. The number of nitrogens with one attached hydrogen (secondary N) is 1. The van der Waals surface area contributed by atoms with E-state index in [0.29, 0.717) is 5.56 Å². The van der Waals surface area contributed by atoms with E-state index in [1.54, 1.807) is 17.8 Å². The first-order valence-electron chi connectivity index (χ1n) is 8.67. The van der Waals surface area contributed by atoms with Crippen molar-refractivity contribution >= 4 is 28.9 Å². The molecule has 0 saturated heterocycles. The van der Waals surface area contributed by atoms with Crippen molar-refractivity contribution in [3.8, 4) is 6.07 Å². The fraction of sp³-hybridized carbons (Fsp3) is 0.0435. The monoisotopic (exact) mass is 366 g/mol. The Bertz CT molecular complexity index is 1170. The minimum atomic E-state index is -0.177. The van der Waals surface area contributed by atoms with Crippen LogP contribution in [0.25, 0.3) is 5.70 Å². The van der Waals surface area contributed by atoms with Gasteiger partial charge < -0.3 is 5.32 Å². The lowest BCUT2D eigenvalue weighted by Gasteiger charge is -2.17. The maximum absolute atomic E-state index is 13.3. The second kappa shape index (κ2) is 6.15. The van der Waals surface area contributed by atoms with Crippen LogP contribution in [0, 0.1) is 11.3 Å². The summed E-state index contributed by atoms with van der Waals surface area (Å²) in [5.74, 6) is 0.0563. The Labute approximate surface area is 161 Å². The SMILES string of the molecule is N#Cc1cccc(C2Sc3ccccc3NC3=C2C(=O)c2ccccc23)c1. The number of nitrogens with zero attached hydrogens (tertiary/aromatic N) is 1. The summed E-state index contributed by atoms with van der Waals surface area (Å²) >= 11 is 1.65. The van der Waals surface area contributed by atoms with Gasteiger partial charge in [-0.3, -0.25) is 4.79 Å². The van der Waals surface area contributed by atoms with Crippen LogP contribution in [-0.2, 0) is 0 Å². The molecule has 3 aromatic rings. The minimum absolute atomic E-state index is 0.0563. The Morgan fingerprint density at radius 1 is 0.926 bits per heavy atom. The highest BCUT2D eigenvalue weighted by Gasteiger charge is 2.38. The third-order valence-electron chi connectivity index (χ3n) is 4.93. The molecule has 5 rings (SSSR count). The molecule has 0 saturated carbocycles. The van der Waals surface area contributed by atoms with E-state index in [-0.39, 0.29) is 11.0 Å². The number of hydrogen-bond donors (Lipinski definition) is 1. The second-order valence-electron chi connectivity index (χ2n) is 6.52. The van der Waals surface area contributed by atoms with Crippen LogP contribution in [-0.4, -0.2) is 5.78 Å². The van der Waals surface area contributed by atoms with E-state index in [9.17, 15) is 10.1 Å². The van der Waals surface area contributed by atoms with Crippen molar-refractivity contribution in [3.05, 3.63) is 101 Å². The zero-order valence-corrected chi connectivity index (χ0v) is 15.1. The fourth-order valence-corrected chi connectivity index (χ4v) is 4.97. The number of anilines is 1. The third-order valence-corrected chi connectivity index (χ3v) is 6.28. The van der Waals surface area contributed by atoms with Gasteiger partial charge in [-0.25, -0.2) is 0 Å². The van der Waals surface area contributed by atoms with Gasteiger partial charge in [-0.15, -0.1) is 11.8 Å². The van der Waals surface area contributed by atoms with E-state index in [1.807, 2.05) is 60.7 Å². The predicted octanol–water partition coefficient (Wildman–Crippen LogP) is 5.42. The zero-order valence-electron chi connectivity index (χ0n) is 14.3. The Hall–Kier alpha value is -3.29. The number of ketones is 1. The average molecular weight is 366 g/mol. The summed E-state index contributed by atoms with van der Waals surface area (Å²) in [5, 5.41) is 12.6. The molecule has 1 aliphatic carbocycles. The molecule has 0 aromatic heterocycles. The molecule has 4 heteroatoms. The van der Waals surface area contributed by atoms with Crippen molar-refractivity contribution in [1.29, 1.82) is 5.26 Å². The summed E-state index contributed by atoms with van der Waals surface area (Å²) < 4.78 is 0. The van der Waals surface area contributed by atoms with Gasteiger partial charge in [0, 0.05) is 21.6 Å². The third kappa shape index (κ3) is 2.48. The van der Waals surface area contributed by atoms with Crippen molar-refractivity contribution in [2.24, 2.45) is 0 Å². The van der Waals surface area contributed by atoms with Gasteiger partial charge in [0.1, 0.15) is 0 Å². The normalized spacial score (nSPS) is 17.3. The number of nitriles is 1. The van der Waals surface area contributed by atoms with Gasteiger partial charge in [-0.1, -0.05) is 48.5 Å². The molecule has 1 heterocycles. The lowest BCUT2D eigenvalue weighted by Crippen LogP contribution is -2.07. The molecule has 0 bridgehead atoms. The summed E-state index contributed by atoms with van der Waals surface area (Å²) in [6.45, 7) is 0. The number of thioether (sulfide) groups is 1. The highest BCUT2D eigenvalue weighted by Crippen LogP contribution is 2.52. The molecule has 0 radical (unpaired) electrons. The van der Waals surface area contributed by atoms with Crippen LogP contribution in [0.15, 0.2) is 83.3 Å². The Kier molecular flexibility index (Phi) is 3.63. The van der Waals surface area contributed by atoms with Gasteiger partial charge in [0.2, 0.25) is 0 Å². The summed E-state index contributed by atoms with van der Waals surface area (Å²) in [5.41, 5.74) is 5.87. The van der Waals surface area contributed by atoms with E-state index in [1.165, 1.54) is 0 Å².